The number of aromatic amines is 1. The van der Waals surface area contributed by atoms with Crippen molar-refractivity contribution in [3.8, 4) is 10.4 Å². The molecule has 0 unspecified atom stereocenters. The van der Waals surface area contributed by atoms with Crippen LogP contribution in [0.25, 0.3) is 37.5 Å². The normalized spacial score (nSPS) is 11.7. The quantitative estimate of drug-likeness (QED) is 0.422. The van der Waals surface area contributed by atoms with E-state index in [1.54, 1.807) is 17.7 Å². The highest BCUT2D eigenvalue weighted by molar-refractivity contribution is 7.99. The first-order chi connectivity index (χ1) is 13.9. The number of nitrogens with zero attached hydrogens (tertiary/aromatic N) is 5. The first-order valence-electron chi connectivity index (χ1n) is 8.66. The Kier molecular flexibility index (Phi) is 3.47. The molecule has 0 spiro atoms. The third kappa shape index (κ3) is 2.42. The molecule has 6 rings (SSSR count). The van der Waals surface area contributed by atoms with Gasteiger partial charge in [-0.25, -0.2) is 20.1 Å². The molecular formula is C20H12N6S2. The Hall–Kier alpha value is -3.23. The summed E-state index contributed by atoms with van der Waals surface area (Å²) >= 11 is 3.19. The van der Waals surface area contributed by atoms with Crippen molar-refractivity contribution in [1.82, 2.24) is 29.5 Å². The van der Waals surface area contributed by atoms with Crippen LogP contribution in [0.5, 0.6) is 0 Å². The van der Waals surface area contributed by atoms with Crippen LogP contribution in [-0.4, -0.2) is 29.5 Å². The summed E-state index contributed by atoms with van der Waals surface area (Å²) in [6.07, 6.45) is 1.62. The van der Waals surface area contributed by atoms with Gasteiger partial charge in [0.15, 0.2) is 0 Å². The van der Waals surface area contributed by atoms with E-state index in [4.69, 9.17) is 0 Å². The van der Waals surface area contributed by atoms with Crippen molar-refractivity contribution >= 4 is 50.1 Å². The minimum Gasteiger partial charge on any atom is -0.254 e. The molecule has 1 N–H and O–H groups in total. The summed E-state index contributed by atoms with van der Waals surface area (Å²) in [5, 5.41) is 10.2. The molecule has 0 radical (unpaired) electrons. The summed E-state index contributed by atoms with van der Waals surface area (Å²) in [4.78, 5) is 15.7. The molecule has 0 aliphatic rings. The Morgan fingerprint density at radius 1 is 0.964 bits per heavy atom. The van der Waals surface area contributed by atoms with Gasteiger partial charge in [0.25, 0.3) is 0 Å². The highest BCUT2D eigenvalue weighted by Gasteiger charge is 2.16. The van der Waals surface area contributed by atoms with Gasteiger partial charge in [-0.3, -0.25) is 4.40 Å². The van der Waals surface area contributed by atoms with Crippen molar-refractivity contribution in [1.29, 1.82) is 0 Å². The largest absolute Gasteiger partial charge is 0.254 e. The number of para-hydroxylation sites is 2. The van der Waals surface area contributed by atoms with Crippen LogP contribution in [0.4, 0.5) is 0 Å². The fourth-order valence-corrected chi connectivity index (χ4v) is 5.23. The Morgan fingerprint density at radius 3 is 2.75 bits per heavy atom. The van der Waals surface area contributed by atoms with Crippen molar-refractivity contribution in [2.45, 2.75) is 10.2 Å². The van der Waals surface area contributed by atoms with E-state index in [0.29, 0.717) is 0 Å². The number of fused-ring (bicyclic) bond motifs is 4. The number of hydrogen-bond donors (Lipinski definition) is 1. The third-order valence-electron chi connectivity index (χ3n) is 4.54. The second kappa shape index (κ2) is 6.15. The lowest BCUT2D eigenvalue weighted by atomic mass is 10.2. The van der Waals surface area contributed by atoms with Crippen molar-refractivity contribution < 1.29 is 0 Å². The van der Waals surface area contributed by atoms with Gasteiger partial charge >= 0.3 is 0 Å². The first kappa shape index (κ1) is 15.8. The zero-order valence-corrected chi connectivity index (χ0v) is 16.0. The lowest BCUT2D eigenvalue weighted by molar-refractivity contribution is 0.936. The van der Waals surface area contributed by atoms with Crippen molar-refractivity contribution in [2.24, 2.45) is 0 Å². The van der Waals surface area contributed by atoms with E-state index in [2.05, 4.69) is 43.3 Å². The molecule has 8 heteroatoms. The maximum atomic E-state index is 4.58. The Labute approximate surface area is 167 Å². The van der Waals surface area contributed by atoms with Crippen LogP contribution in [0.3, 0.4) is 0 Å². The van der Waals surface area contributed by atoms with Crippen LogP contribution in [-0.2, 0) is 0 Å². The number of nitrogens with one attached hydrogen (secondary N) is 1. The standard InChI is InChI=1S/C20H12N6S2/c1-2-6-12(7-3-1)16-10-13-17(27-16)21-11-22-18(13)28-20-25-24-19-23-14-8-4-5-9-15(14)26(19)20/h1-11H,(H,23,24). The van der Waals surface area contributed by atoms with Crippen LogP contribution < -0.4 is 0 Å². The molecule has 0 saturated heterocycles. The van der Waals surface area contributed by atoms with Gasteiger partial charge in [-0.2, -0.15) is 0 Å². The van der Waals surface area contributed by atoms with Gasteiger partial charge in [0.1, 0.15) is 16.2 Å². The fraction of sp³-hybridized carbons (Fsp3) is 0. The third-order valence-corrected chi connectivity index (χ3v) is 6.61. The zero-order valence-electron chi connectivity index (χ0n) is 14.4. The Balaban J connectivity index is 1.49. The van der Waals surface area contributed by atoms with E-state index < -0.39 is 0 Å². The minimum absolute atomic E-state index is 0.726. The molecule has 0 aliphatic carbocycles. The van der Waals surface area contributed by atoms with Crippen molar-refractivity contribution in [3.63, 3.8) is 0 Å². The molecule has 4 heterocycles. The SMILES string of the molecule is c1ccc(-c2cc3c(Sc4n[nH]c5nc6ccccc6n45)ncnc3s2)cc1. The van der Waals surface area contributed by atoms with Crippen LogP contribution in [0.15, 0.2) is 77.2 Å². The summed E-state index contributed by atoms with van der Waals surface area (Å²) in [5.41, 5.74) is 3.14. The van der Waals surface area contributed by atoms with Crippen LogP contribution in [0.1, 0.15) is 0 Å². The summed E-state index contributed by atoms with van der Waals surface area (Å²) in [5.74, 6) is 0.726. The number of imidazole rings is 1. The Morgan fingerprint density at radius 2 is 1.82 bits per heavy atom. The molecule has 0 aliphatic heterocycles. The highest BCUT2D eigenvalue weighted by atomic mass is 32.2. The first-order valence-corrected chi connectivity index (χ1v) is 10.3. The van der Waals surface area contributed by atoms with Crippen molar-refractivity contribution in [3.05, 3.63) is 67.0 Å². The molecule has 6 nitrogen and oxygen atoms in total. The smallest absolute Gasteiger partial charge is 0.231 e. The van der Waals surface area contributed by atoms with Gasteiger partial charge in [-0.05, 0) is 35.5 Å². The lowest BCUT2D eigenvalue weighted by Gasteiger charge is -2.00. The van der Waals surface area contributed by atoms with E-state index in [0.717, 1.165) is 37.2 Å². The second-order valence-corrected chi connectivity index (χ2v) is 8.23. The summed E-state index contributed by atoms with van der Waals surface area (Å²) in [6, 6.07) is 20.5. The van der Waals surface area contributed by atoms with Crippen molar-refractivity contribution in [2.75, 3.05) is 0 Å². The van der Waals surface area contributed by atoms with Crippen LogP contribution >= 0.6 is 23.1 Å². The van der Waals surface area contributed by atoms with Gasteiger partial charge in [0.2, 0.25) is 10.9 Å². The maximum Gasteiger partial charge on any atom is 0.231 e. The second-order valence-electron chi connectivity index (χ2n) is 6.24. The average Bonchev–Trinajstić information content (AvgIpc) is 3.43. The molecule has 134 valence electrons. The molecule has 6 aromatic rings. The molecule has 0 saturated carbocycles. The van der Waals surface area contributed by atoms with E-state index in [-0.39, 0.29) is 0 Å². The predicted molar refractivity (Wildman–Crippen MR) is 112 cm³/mol. The molecule has 0 bridgehead atoms. The summed E-state index contributed by atoms with van der Waals surface area (Å²) < 4.78 is 2.03. The topological polar surface area (TPSA) is 71.8 Å². The van der Waals surface area contributed by atoms with Gasteiger partial charge in [0.05, 0.1) is 11.0 Å². The number of benzene rings is 2. The molecule has 0 amide bonds. The number of thiophene rings is 1. The van der Waals surface area contributed by atoms with E-state index >= 15 is 0 Å². The van der Waals surface area contributed by atoms with Gasteiger partial charge < -0.3 is 0 Å². The summed E-state index contributed by atoms with van der Waals surface area (Å²) in [6.45, 7) is 0. The number of hydrogen-bond acceptors (Lipinski definition) is 6. The van der Waals surface area contributed by atoms with E-state index in [1.165, 1.54) is 22.2 Å². The predicted octanol–water partition coefficient (Wildman–Crippen LogP) is 5.03. The Bertz CT molecular complexity index is 1450. The monoisotopic (exact) mass is 400 g/mol. The summed E-state index contributed by atoms with van der Waals surface area (Å²) in [7, 11) is 0. The number of aromatic nitrogens is 6. The maximum absolute atomic E-state index is 4.58. The minimum atomic E-state index is 0.726. The highest BCUT2D eigenvalue weighted by Crippen LogP contribution is 2.38. The average molecular weight is 400 g/mol. The molecule has 0 fully saturated rings. The van der Waals surface area contributed by atoms with Gasteiger partial charge in [-0.15, -0.1) is 16.4 Å². The van der Waals surface area contributed by atoms with Crippen LogP contribution in [0.2, 0.25) is 0 Å². The van der Waals surface area contributed by atoms with E-state index in [1.807, 2.05) is 46.9 Å². The zero-order chi connectivity index (χ0) is 18.5. The number of rotatable bonds is 3. The molecule has 4 aromatic heterocycles. The number of H-pyrrole nitrogens is 1. The molecule has 2 aromatic carbocycles. The van der Waals surface area contributed by atoms with E-state index in [9.17, 15) is 0 Å². The van der Waals surface area contributed by atoms with Crippen LogP contribution in [0, 0.1) is 0 Å². The molecular weight excluding hydrogens is 388 g/mol. The fourth-order valence-electron chi connectivity index (χ4n) is 3.26. The van der Waals surface area contributed by atoms with Gasteiger partial charge in [-0.1, -0.05) is 42.5 Å². The van der Waals surface area contributed by atoms with Gasteiger partial charge in [0, 0.05) is 10.3 Å². The molecule has 28 heavy (non-hydrogen) atoms. The molecule has 0 atom stereocenters. The lowest BCUT2D eigenvalue weighted by Crippen LogP contribution is -1.88.